The zero-order valence-corrected chi connectivity index (χ0v) is 10.6. The molecule has 0 aliphatic heterocycles. The monoisotopic (exact) mass is 219 g/mol. The van der Waals surface area contributed by atoms with Crippen LogP contribution in [0, 0.1) is 5.41 Å². The van der Waals surface area contributed by atoms with Crippen molar-refractivity contribution in [2.45, 2.75) is 32.2 Å². The maximum atomic E-state index is 5.44. The van der Waals surface area contributed by atoms with Crippen molar-refractivity contribution in [3.8, 4) is 5.75 Å². The Morgan fingerprint density at radius 1 is 1.31 bits per heavy atom. The predicted molar refractivity (Wildman–Crippen MR) is 67.0 cm³/mol. The van der Waals surface area contributed by atoms with Crippen molar-refractivity contribution in [3.63, 3.8) is 0 Å². The second-order valence-corrected chi connectivity index (χ2v) is 5.19. The number of rotatable bonds is 3. The summed E-state index contributed by atoms with van der Waals surface area (Å²) in [7, 11) is 3.80. The first-order valence-corrected chi connectivity index (χ1v) is 5.91. The van der Waals surface area contributed by atoms with E-state index in [-0.39, 0.29) is 0 Å². The van der Waals surface area contributed by atoms with Crippen LogP contribution in [0.15, 0.2) is 24.3 Å². The van der Waals surface area contributed by atoms with Gasteiger partial charge in [-0.2, -0.15) is 0 Å². The van der Waals surface area contributed by atoms with Crippen molar-refractivity contribution in [1.29, 1.82) is 0 Å². The molecule has 2 unspecified atom stereocenters. The maximum absolute atomic E-state index is 5.44. The van der Waals surface area contributed by atoms with Gasteiger partial charge in [-0.15, -0.1) is 0 Å². The molecule has 0 spiro atoms. The second-order valence-electron chi connectivity index (χ2n) is 5.19. The van der Waals surface area contributed by atoms with E-state index in [2.05, 4.69) is 37.4 Å². The van der Waals surface area contributed by atoms with Gasteiger partial charge in [0.05, 0.1) is 7.11 Å². The van der Waals surface area contributed by atoms with Gasteiger partial charge in [0.2, 0.25) is 0 Å². The van der Waals surface area contributed by atoms with Crippen LogP contribution in [0.1, 0.15) is 31.7 Å². The van der Waals surface area contributed by atoms with E-state index in [1.807, 2.05) is 13.1 Å². The van der Waals surface area contributed by atoms with Gasteiger partial charge in [0, 0.05) is 6.04 Å². The van der Waals surface area contributed by atoms with Crippen LogP contribution < -0.4 is 10.1 Å². The third kappa shape index (κ3) is 1.61. The fraction of sp³-hybridized carbons (Fsp3) is 0.571. The Morgan fingerprint density at radius 2 is 2.00 bits per heavy atom. The van der Waals surface area contributed by atoms with Gasteiger partial charge in [0.15, 0.2) is 0 Å². The SMILES string of the molecule is CNC1CC(c2ccccc2OC)C1(C)C. The van der Waals surface area contributed by atoms with E-state index in [9.17, 15) is 0 Å². The molecule has 2 nitrogen and oxygen atoms in total. The smallest absolute Gasteiger partial charge is 0.122 e. The number of para-hydroxylation sites is 1. The van der Waals surface area contributed by atoms with E-state index < -0.39 is 0 Å². The molecule has 16 heavy (non-hydrogen) atoms. The lowest BCUT2D eigenvalue weighted by Gasteiger charge is -2.52. The van der Waals surface area contributed by atoms with Crippen LogP contribution in [0.4, 0.5) is 0 Å². The van der Waals surface area contributed by atoms with Gasteiger partial charge in [-0.25, -0.2) is 0 Å². The molecule has 2 rings (SSSR count). The van der Waals surface area contributed by atoms with Gasteiger partial charge >= 0.3 is 0 Å². The molecule has 1 aromatic rings. The minimum absolute atomic E-state index is 0.309. The van der Waals surface area contributed by atoms with Gasteiger partial charge in [-0.05, 0) is 36.4 Å². The lowest BCUT2D eigenvalue weighted by molar-refractivity contribution is 0.0734. The normalized spacial score (nSPS) is 27.2. The summed E-state index contributed by atoms with van der Waals surface area (Å²) >= 11 is 0. The quantitative estimate of drug-likeness (QED) is 0.844. The number of hydrogen-bond donors (Lipinski definition) is 1. The molecule has 0 aromatic heterocycles. The van der Waals surface area contributed by atoms with Crippen LogP contribution in [0.5, 0.6) is 5.75 Å². The van der Waals surface area contributed by atoms with Crippen molar-refractivity contribution in [1.82, 2.24) is 5.32 Å². The van der Waals surface area contributed by atoms with Crippen LogP contribution in [0.2, 0.25) is 0 Å². The van der Waals surface area contributed by atoms with Crippen LogP contribution >= 0.6 is 0 Å². The van der Waals surface area contributed by atoms with E-state index in [4.69, 9.17) is 4.74 Å². The van der Waals surface area contributed by atoms with E-state index in [1.165, 1.54) is 12.0 Å². The summed E-state index contributed by atoms with van der Waals surface area (Å²) in [5.74, 6) is 1.62. The fourth-order valence-corrected chi connectivity index (χ4v) is 2.90. The summed E-state index contributed by atoms with van der Waals surface area (Å²) < 4.78 is 5.44. The Morgan fingerprint density at radius 3 is 2.56 bits per heavy atom. The van der Waals surface area contributed by atoms with Crippen LogP contribution in [0.25, 0.3) is 0 Å². The molecular weight excluding hydrogens is 198 g/mol. The van der Waals surface area contributed by atoms with Crippen LogP contribution in [0.3, 0.4) is 0 Å². The number of benzene rings is 1. The molecule has 2 heteroatoms. The van der Waals surface area contributed by atoms with E-state index >= 15 is 0 Å². The van der Waals surface area contributed by atoms with Crippen LogP contribution in [-0.4, -0.2) is 20.2 Å². The maximum Gasteiger partial charge on any atom is 0.122 e. The Labute approximate surface area is 98.0 Å². The van der Waals surface area contributed by atoms with Crippen molar-refractivity contribution in [2.75, 3.05) is 14.2 Å². The molecule has 1 fully saturated rings. The lowest BCUT2D eigenvalue weighted by Crippen LogP contribution is -2.54. The Kier molecular flexibility index (Phi) is 2.94. The average molecular weight is 219 g/mol. The van der Waals surface area contributed by atoms with E-state index in [0.29, 0.717) is 17.4 Å². The van der Waals surface area contributed by atoms with Crippen LogP contribution in [-0.2, 0) is 0 Å². The molecule has 88 valence electrons. The Balaban J connectivity index is 2.27. The average Bonchev–Trinajstić information content (AvgIpc) is 2.29. The lowest BCUT2D eigenvalue weighted by atomic mass is 9.56. The summed E-state index contributed by atoms with van der Waals surface area (Å²) in [6, 6.07) is 8.99. The number of hydrogen-bond acceptors (Lipinski definition) is 2. The summed E-state index contributed by atoms with van der Waals surface area (Å²) in [5, 5.41) is 3.39. The number of methoxy groups -OCH3 is 1. The summed E-state index contributed by atoms with van der Waals surface area (Å²) in [4.78, 5) is 0. The molecular formula is C14H21NO. The molecule has 1 saturated carbocycles. The van der Waals surface area contributed by atoms with Crippen molar-refractivity contribution >= 4 is 0 Å². The van der Waals surface area contributed by atoms with Crippen molar-refractivity contribution in [2.24, 2.45) is 5.41 Å². The molecule has 0 bridgehead atoms. The zero-order valence-electron chi connectivity index (χ0n) is 10.6. The first kappa shape index (κ1) is 11.5. The van der Waals surface area contributed by atoms with E-state index in [1.54, 1.807) is 7.11 Å². The molecule has 2 atom stereocenters. The molecule has 0 amide bonds. The first-order chi connectivity index (χ1) is 7.61. The topological polar surface area (TPSA) is 21.3 Å². The highest BCUT2D eigenvalue weighted by Crippen LogP contribution is 2.54. The summed E-state index contributed by atoms with van der Waals surface area (Å²) in [6.07, 6.45) is 1.20. The fourth-order valence-electron chi connectivity index (χ4n) is 2.90. The molecule has 1 aliphatic rings. The molecule has 0 radical (unpaired) electrons. The minimum Gasteiger partial charge on any atom is -0.496 e. The van der Waals surface area contributed by atoms with Gasteiger partial charge in [0.25, 0.3) is 0 Å². The third-order valence-corrected chi connectivity index (χ3v) is 4.13. The standard InChI is InChI=1S/C14H21NO/c1-14(2)11(9-13(14)15-3)10-7-5-6-8-12(10)16-4/h5-8,11,13,15H,9H2,1-4H3. The number of nitrogens with one attached hydrogen (secondary N) is 1. The highest BCUT2D eigenvalue weighted by Gasteiger charge is 2.48. The van der Waals surface area contributed by atoms with Gasteiger partial charge in [0.1, 0.15) is 5.75 Å². The second kappa shape index (κ2) is 4.10. The highest BCUT2D eigenvalue weighted by molar-refractivity contribution is 5.39. The molecule has 0 saturated heterocycles. The summed E-state index contributed by atoms with van der Waals surface area (Å²) in [6.45, 7) is 4.66. The van der Waals surface area contributed by atoms with Crippen molar-refractivity contribution in [3.05, 3.63) is 29.8 Å². The van der Waals surface area contributed by atoms with E-state index in [0.717, 1.165) is 5.75 Å². The van der Waals surface area contributed by atoms with Crippen molar-refractivity contribution < 1.29 is 4.74 Å². The number of ether oxygens (including phenoxy) is 1. The summed E-state index contributed by atoms with van der Waals surface area (Å²) in [5.41, 5.74) is 1.66. The Bertz CT molecular complexity index is 373. The van der Waals surface area contributed by atoms with Gasteiger partial charge < -0.3 is 10.1 Å². The third-order valence-electron chi connectivity index (χ3n) is 4.13. The molecule has 1 aromatic carbocycles. The molecule has 1 aliphatic carbocycles. The van der Waals surface area contributed by atoms with Gasteiger partial charge in [-0.3, -0.25) is 0 Å². The highest BCUT2D eigenvalue weighted by atomic mass is 16.5. The Hall–Kier alpha value is -1.02. The predicted octanol–water partition coefficient (Wildman–Crippen LogP) is 2.80. The van der Waals surface area contributed by atoms with Gasteiger partial charge in [-0.1, -0.05) is 32.0 Å². The largest absolute Gasteiger partial charge is 0.496 e. The molecule has 0 heterocycles. The zero-order chi connectivity index (χ0) is 11.8. The first-order valence-electron chi connectivity index (χ1n) is 5.91. The molecule has 1 N–H and O–H groups in total. The minimum atomic E-state index is 0.309.